The summed E-state index contributed by atoms with van der Waals surface area (Å²) >= 11 is 6.03. The summed E-state index contributed by atoms with van der Waals surface area (Å²) in [7, 11) is 0. The largest absolute Gasteiger partial charge is 0.393 e. The van der Waals surface area contributed by atoms with E-state index in [0.29, 0.717) is 22.6 Å². The van der Waals surface area contributed by atoms with E-state index < -0.39 is 0 Å². The zero-order valence-electron chi connectivity index (χ0n) is 11.4. The standard InChI is InChI=1S/C13H21ClN4O/c1-8(2)19-7-3-6-16-13-10(15)11(14)17-12(18-13)9-4-5-9/h8-9H,3-7,15H2,1-2H3,(H,16,17,18). The summed E-state index contributed by atoms with van der Waals surface area (Å²) in [6, 6.07) is 0. The Balaban J connectivity index is 1.88. The highest BCUT2D eigenvalue weighted by Crippen LogP contribution is 2.40. The second-order valence-electron chi connectivity index (χ2n) is 5.11. The minimum absolute atomic E-state index is 0.264. The molecule has 1 heterocycles. The van der Waals surface area contributed by atoms with Gasteiger partial charge in [0, 0.05) is 19.1 Å². The third-order valence-corrected chi connectivity index (χ3v) is 3.21. The van der Waals surface area contributed by atoms with Gasteiger partial charge in [0.1, 0.15) is 11.5 Å². The number of halogens is 1. The van der Waals surface area contributed by atoms with Crippen LogP contribution in [0.3, 0.4) is 0 Å². The van der Waals surface area contributed by atoms with Crippen LogP contribution in [0.1, 0.15) is 44.9 Å². The van der Waals surface area contributed by atoms with Gasteiger partial charge in [-0.05, 0) is 33.1 Å². The molecule has 0 saturated heterocycles. The first kappa shape index (κ1) is 14.3. The average Bonchev–Trinajstić information content (AvgIpc) is 3.17. The summed E-state index contributed by atoms with van der Waals surface area (Å²) in [5, 5.41) is 3.56. The molecule has 19 heavy (non-hydrogen) atoms. The number of nitrogen functional groups attached to an aromatic ring is 1. The molecule has 0 bridgehead atoms. The first-order chi connectivity index (χ1) is 9.08. The Bertz CT molecular complexity index is 435. The van der Waals surface area contributed by atoms with Gasteiger partial charge in [0.15, 0.2) is 11.0 Å². The fourth-order valence-electron chi connectivity index (χ4n) is 1.72. The molecule has 1 aliphatic rings. The maximum atomic E-state index is 6.03. The smallest absolute Gasteiger partial charge is 0.157 e. The second-order valence-corrected chi connectivity index (χ2v) is 5.47. The number of nitrogens with one attached hydrogen (secondary N) is 1. The minimum Gasteiger partial charge on any atom is -0.393 e. The lowest BCUT2D eigenvalue weighted by molar-refractivity contribution is 0.0787. The highest BCUT2D eigenvalue weighted by Gasteiger charge is 2.28. The molecule has 1 saturated carbocycles. The van der Waals surface area contributed by atoms with Crippen molar-refractivity contribution in [2.75, 3.05) is 24.2 Å². The number of ether oxygens (including phenoxy) is 1. The quantitative estimate of drug-likeness (QED) is 0.595. The third-order valence-electron chi connectivity index (χ3n) is 2.92. The van der Waals surface area contributed by atoms with Gasteiger partial charge < -0.3 is 15.8 Å². The van der Waals surface area contributed by atoms with Crippen molar-refractivity contribution in [2.45, 2.75) is 45.1 Å². The van der Waals surface area contributed by atoms with Gasteiger partial charge in [-0.3, -0.25) is 0 Å². The molecule has 106 valence electrons. The minimum atomic E-state index is 0.264. The molecule has 1 aromatic heterocycles. The summed E-state index contributed by atoms with van der Waals surface area (Å²) in [5.41, 5.74) is 6.31. The Morgan fingerprint density at radius 3 is 2.79 bits per heavy atom. The Morgan fingerprint density at radius 1 is 1.42 bits per heavy atom. The van der Waals surface area contributed by atoms with Crippen LogP contribution in [0.4, 0.5) is 11.5 Å². The van der Waals surface area contributed by atoms with Gasteiger partial charge in [0.25, 0.3) is 0 Å². The van der Waals surface area contributed by atoms with E-state index in [2.05, 4.69) is 15.3 Å². The van der Waals surface area contributed by atoms with Gasteiger partial charge in [-0.2, -0.15) is 0 Å². The molecule has 0 aromatic carbocycles. The summed E-state index contributed by atoms with van der Waals surface area (Å²) < 4.78 is 5.48. The van der Waals surface area contributed by atoms with Crippen LogP contribution in [0.15, 0.2) is 0 Å². The lowest BCUT2D eigenvalue weighted by Gasteiger charge is -2.11. The molecule has 0 aliphatic heterocycles. The van der Waals surface area contributed by atoms with Crippen molar-refractivity contribution in [3.8, 4) is 0 Å². The van der Waals surface area contributed by atoms with Gasteiger partial charge in [-0.1, -0.05) is 11.6 Å². The van der Waals surface area contributed by atoms with Crippen LogP contribution in [0.2, 0.25) is 5.15 Å². The zero-order valence-corrected chi connectivity index (χ0v) is 12.2. The van der Waals surface area contributed by atoms with Crippen LogP contribution in [-0.2, 0) is 4.74 Å². The average molecular weight is 285 g/mol. The summed E-state index contributed by atoms with van der Waals surface area (Å²) in [6.07, 6.45) is 3.45. The monoisotopic (exact) mass is 284 g/mol. The van der Waals surface area contributed by atoms with E-state index in [1.807, 2.05) is 13.8 Å². The molecular formula is C13H21ClN4O. The predicted octanol–water partition coefficient (Wildman–Crippen LogP) is 2.82. The van der Waals surface area contributed by atoms with E-state index in [0.717, 1.165) is 38.2 Å². The van der Waals surface area contributed by atoms with Crippen LogP contribution in [-0.4, -0.2) is 29.2 Å². The van der Waals surface area contributed by atoms with Crippen LogP contribution >= 0.6 is 11.6 Å². The van der Waals surface area contributed by atoms with Crippen molar-refractivity contribution >= 4 is 23.1 Å². The molecule has 5 nitrogen and oxygen atoms in total. The van der Waals surface area contributed by atoms with E-state index in [1.165, 1.54) is 0 Å². The maximum absolute atomic E-state index is 6.03. The van der Waals surface area contributed by atoms with E-state index in [1.54, 1.807) is 0 Å². The normalized spacial score (nSPS) is 14.9. The first-order valence-electron chi connectivity index (χ1n) is 6.76. The molecule has 1 aliphatic carbocycles. The number of nitrogens with zero attached hydrogens (tertiary/aromatic N) is 2. The van der Waals surface area contributed by atoms with E-state index in [-0.39, 0.29) is 6.10 Å². The molecule has 0 amide bonds. The number of aromatic nitrogens is 2. The van der Waals surface area contributed by atoms with Crippen molar-refractivity contribution in [2.24, 2.45) is 0 Å². The van der Waals surface area contributed by atoms with Crippen molar-refractivity contribution in [1.29, 1.82) is 0 Å². The molecule has 0 unspecified atom stereocenters. The van der Waals surface area contributed by atoms with Gasteiger partial charge in [0.2, 0.25) is 0 Å². The molecule has 1 aromatic rings. The lowest BCUT2D eigenvalue weighted by atomic mass is 10.3. The van der Waals surface area contributed by atoms with E-state index in [4.69, 9.17) is 22.1 Å². The first-order valence-corrected chi connectivity index (χ1v) is 7.14. The maximum Gasteiger partial charge on any atom is 0.157 e. The number of nitrogens with two attached hydrogens (primary N) is 1. The highest BCUT2D eigenvalue weighted by molar-refractivity contribution is 6.32. The van der Waals surface area contributed by atoms with E-state index >= 15 is 0 Å². The number of hydrogen-bond donors (Lipinski definition) is 2. The molecular weight excluding hydrogens is 264 g/mol. The summed E-state index contributed by atoms with van der Waals surface area (Å²) in [5.74, 6) is 1.91. The molecule has 3 N–H and O–H groups in total. The number of anilines is 2. The Kier molecular flexibility index (Phi) is 4.82. The summed E-state index contributed by atoms with van der Waals surface area (Å²) in [4.78, 5) is 8.68. The zero-order chi connectivity index (χ0) is 13.8. The topological polar surface area (TPSA) is 73.1 Å². The van der Waals surface area contributed by atoms with Crippen LogP contribution in [0, 0.1) is 0 Å². The second kappa shape index (κ2) is 6.39. The van der Waals surface area contributed by atoms with Gasteiger partial charge in [0.05, 0.1) is 6.10 Å². The fourth-order valence-corrected chi connectivity index (χ4v) is 1.89. The van der Waals surface area contributed by atoms with Crippen molar-refractivity contribution in [3.05, 3.63) is 11.0 Å². The predicted molar refractivity (Wildman–Crippen MR) is 77.6 cm³/mol. The van der Waals surface area contributed by atoms with Crippen LogP contribution < -0.4 is 11.1 Å². The number of hydrogen-bond acceptors (Lipinski definition) is 5. The molecule has 0 spiro atoms. The van der Waals surface area contributed by atoms with Crippen molar-refractivity contribution in [1.82, 2.24) is 9.97 Å². The molecule has 0 atom stereocenters. The molecule has 6 heteroatoms. The van der Waals surface area contributed by atoms with Crippen molar-refractivity contribution < 1.29 is 4.74 Å². The number of rotatable bonds is 7. The fraction of sp³-hybridized carbons (Fsp3) is 0.692. The van der Waals surface area contributed by atoms with E-state index in [9.17, 15) is 0 Å². The Labute approximate surface area is 118 Å². The lowest BCUT2D eigenvalue weighted by Crippen LogP contribution is -2.12. The highest BCUT2D eigenvalue weighted by atomic mass is 35.5. The molecule has 2 rings (SSSR count). The van der Waals surface area contributed by atoms with Crippen molar-refractivity contribution in [3.63, 3.8) is 0 Å². The van der Waals surface area contributed by atoms with Crippen LogP contribution in [0.5, 0.6) is 0 Å². The van der Waals surface area contributed by atoms with Gasteiger partial charge >= 0.3 is 0 Å². The summed E-state index contributed by atoms with van der Waals surface area (Å²) in [6.45, 7) is 5.53. The Morgan fingerprint density at radius 2 is 2.16 bits per heavy atom. The van der Waals surface area contributed by atoms with Gasteiger partial charge in [-0.25, -0.2) is 9.97 Å². The Hall–Kier alpha value is -1.07. The molecule has 0 radical (unpaired) electrons. The third kappa shape index (κ3) is 4.21. The molecule has 1 fully saturated rings. The van der Waals surface area contributed by atoms with Crippen LogP contribution in [0.25, 0.3) is 0 Å². The SMILES string of the molecule is CC(C)OCCCNc1nc(C2CC2)nc(Cl)c1N. The van der Waals surface area contributed by atoms with Gasteiger partial charge in [-0.15, -0.1) is 0 Å².